The number of carbonyl (C=O) groups is 2. The molecular weight excluding hydrogens is 428 g/mol. The molecule has 170 valence electrons. The van der Waals surface area contributed by atoms with Gasteiger partial charge in [0.2, 0.25) is 5.43 Å². The highest BCUT2D eigenvalue weighted by atomic mass is 19.1. The molecular formula is C21H21F2N3O6. The summed E-state index contributed by atoms with van der Waals surface area (Å²) in [6.45, 7) is 0.284. The number of halogens is 2. The minimum atomic E-state index is -1.24. The Labute approximate surface area is 180 Å². The fourth-order valence-corrected chi connectivity index (χ4v) is 3.99. The van der Waals surface area contributed by atoms with Crippen molar-refractivity contribution in [1.82, 2.24) is 14.8 Å². The minimum absolute atomic E-state index is 0.00187. The third kappa shape index (κ3) is 3.96. The summed E-state index contributed by atoms with van der Waals surface area (Å²) in [4.78, 5) is 39.3. The van der Waals surface area contributed by atoms with E-state index in [1.807, 2.05) is 0 Å². The lowest BCUT2D eigenvalue weighted by atomic mass is 10.0. The molecule has 0 spiro atoms. The molecule has 3 heterocycles. The molecule has 9 nitrogen and oxygen atoms in total. The average Bonchev–Trinajstić information content (AvgIpc) is 2.76. The van der Waals surface area contributed by atoms with Gasteiger partial charge in [0.25, 0.3) is 11.8 Å². The zero-order valence-corrected chi connectivity index (χ0v) is 16.9. The van der Waals surface area contributed by atoms with E-state index in [0.717, 1.165) is 22.9 Å². The molecule has 2 aromatic rings. The number of aromatic nitrogens is 1. The van der Waals surface area contributed by atoms with Crippen molar-refractivity contribution in [2.75, 3.05) is 13.2 Å². The van der Waals surface area contributed by atoms with Gasteiger partial charge in [-0.05, 0) is 18.9 Å². The monoisotopic (exact) mass is 449 g/mol. The third-order valence-corrected chi connectivity index (χ3v) is 5.60. The van der Waals surface area contributed by atoms with Gasteiger partial charge in [-0.15, -0.1) is 0 Å². The lowest BCUT2D eigenvalue weighted by Crippen LogP contribution is -2.55. The largest absolute Gasteiger partial charge is 0.503 e. The van der Waals surface area contributed by atoms with Gasteiger partial charge < -0.3 is 29.7 Å². The van der Waals surface area contributed by atoms with E-state index < -0.39 is 52.5 Å². The van der Waals surface area contributed by atoms with Crippen molar-refractivity contribution in [3.63, 3.8) is 0 Å². The van der Waals surface area contributed by atoms with E-state index in [9.17, 15) is 33.4 Å². The van der Waals surface area contributed by atoms with Crippen LogP contribution in [0.25, 0.3) is 0 Å². The quantitative estimate of drug-likeness (QED) is 0.633. The highest BCUT2D eigenvalue weighted by Crippen LogP contribution is 2.27. The maximum absolute atomic E-state index is 13.8. The fraction of sp³-hybridized carbons (Fsp3) is 0.381. The first-order valence-electron chi connectivity index (χ1n) is 10.0. The number of aromatic hydroxyl groups is 1. The Balaban J connectivity index is 1.59. The number of nitrogens with zero attached hydrogens (tertiary/aromatic N) is 2. The van der Waals surface area contributed by atoms with Crippen molar-refractivity contribution in [1.29, 1.82) is 0 Å². The highest BCUT2D eigenvalue weighted by Gasteiger charge is 2.39. The molecule has 2 atom stereocenters. The molecule has 2 amide bonds. The first kappa shape index (κ1) is 21.9. The lowest BCUT2D eigenvalue weighted by molar-refractivity contribution is -0.0642. The fourth-order valence-electron chi connectivity index (χ4n) is 3.99. The van der Waals surface area contributed by atoms with Gasteiger partial charge in [-0.25, -0.2) is 8.78 Å². The first-order valence-corrected chi connectivity index (χ1v) is 10.0. The summed E-state index contributed by atoms with van der Waals surface area (Å²) in [5.74, 6) is -4.21. The summed E-state index contributed by atoms with van der Waals surface area (Å²) in [5.41, 5.74) is -1.88. The SMILES string of the molecule is O=C(NCc1ccc(F)cc1F)c1cn2c(c(O)c1=O)C(=O)N([C@@H]1CCCOC1)[C@H](O)C2. The molecule has 1 saturated heterocycles. The molecule has 32 heavy (non-hydrogen) atoms. The first-order chi connectivity index (χ1) is 15.3. The second-order valence-corrected chi connectivity index (χ2v) is 7.70. The molecule has 1 fully saturated rings. The van der Waals surface area contributed by atoms with Gasteiger partial charge in [0, 0.05) is 31.0 Å². The number of amides is 2. The second kappa shape index (κ2) is 8.67. The van der Waals surface area contributed by atoms with Gasteiger partial charge in [0.05, 0.1) is 19.2 Å². The maximum Gasteiger partial charge on any atom is 0.276 e. The number of pyridine rings is 1. The number of ether oxygens (including phenoxy) is 1. The third-order valence-electron chi connectivity index (χ3n) is 5.60. The van der Waals surface area contributed by atoms with Crippen LogP contribution in [0.15, 0.2) is 29.2 Å². The molecule has 0 radical (unpaired) electrons. The standard InChI is InChI=1S/C21H21F2N3O6/c22-12-4-3-11(15(23)6-12)7-24-20(30)14-8-25-9-16(27)26(13-2-1-5-32-10-13)21(31)17(25)19(29)18(14)28/h3-4,6,8,13,16,27,29H,1-2,5,7,9-10H2,(H,24,30)/t13-,16-/m1/s1. The maximum atomic E-state index is 13.8. The number of rotatable bonds is 4. The molecule has 0 bridgehead atoms. The van der Waals surface area contributed by atoms with Gasteiger partial charge in [0.1, 0.15) is 23.4 Å². The molecule has 0 unspecified atom stereocenters. The molecule has 4 rings (SSSR count). The summed E-state index contributed by atoms with van der Waals surface area (Å²) < 4.78 is 33.3. The smallest absolute Gasteiger partial charge is 0.276 e. The van der Waals surface area contributed by atoms with Crippen LogP contribution in [-0.2, 0) is 17.8 Å². The number of carbonyl (C=O) groups excluding carboxylic acids is 2. The van der Waals surface area contributed by atoms with Crippen LogP contribution >= 0.6 is 0 Å². The van der Waals surface area contributed by atoms with Crippen molar-refractivity contribution < 1.29 is 33.3 Å². The molecule has 0 saturated carbocycles. The number of aliphatic hydroxyl groups excluding tert-OH is 1. The molecule has 1 aromatic heterocycles. The number of benzene rings is 1. The van der Waals surface area contributed by atoms with Crippen LogP contribution in [0.5, 0.6) is 5.75 Å². The van der Waals surface area contributed by atoms with E-state index in [-0.39, 0.29) is 31.0 Å². The van der Waals surface area contributed by atoms with Gasteiger partial charge in [0.15, 0.2) is 11.4 Å². The molecule has 2 aliphatic heterocycles. The van der Waals surface area contributed by atoms with Crippen LogP contribution < -0.4 is 10.7 Å². The van der Waals surface area contributed by atoms with Crippen molar-refractivity contribution in [3.05, 3.63) is 63.1 Å². The van der Waals surface area contributed by atoms with E-state index in [4.69, 9.17) is 4.74 Å². The molecule has 0 aliphatic carbocycles. The summed E-state index contributed by atoms with van der Waals surface area (Å²) in [7, 11) is 0. The van der Waals surface area contributed by atoms with Crippen LogP contribution in [0.3, 0.4) is 0 Å². The Morgan fingerprint density at radius 1 is 1.28 bits per heavy atom. The zero-order valence-electron chi connectivity index (χ0n) is 16.9. The summed E-state index contributed by atoms with van der Waals surface area (Å²) in [5, 5.41) is 23.3. The molecule has 3 N–H and O–H groups in total. The van der Waals surface area contributed by atoms with Gasteiger partial charge >= 0.3 is 0 Å². The van der Waals surface area contributed by atoms with Crippen molar-refractivity contribution in [2.24, 2.45) is 0 Å². The predicted octanol–water partition coefficient (Wildman–Crippen LogP) is 0.715. The Morgan fingerprint density at radius 2 is 2.06 bits per heavy atom. The Hall–Kier alpha value is -3.31. The number of aliphatic hydroxyl groups is 1. The normalized spacial score (nSPS) is 20.7. The van der Waals surface area contributed by atoms with Crippen molar-refractivity contribution >= 4 is 11.8 Å². The van der Waals surface area contributed by atoms with Crippen LogP contribution in [0.2, 0.25) is 0 Å². The van der Waals surface area contributed by atoms with Gasteiger partial charge in [-0.1, -0.05) is 6.07 Å². The number of fused-ring (bicyclic) bond motifs is 1. The second-order valence-electron chi connectivity index (χ2n) is 7.70. The topological polar surface area (TPSA) is 121 Å². The number of hydrogen-bond acceptors (Lipinski definition) is 6. The van der Waals surface area contributed by atoms with E-state index >= 15 is 0 Å². The average molecular weight is 449 g/mol. The van der Waals surface area contributed by atoms with Gasteiger partial charge in [-0.3, -0.25) is 14.4 Å². The minimum Gasteiger partial charge on any atom is -0.503 e. The van der Waals surface area contributed by atoms with E-state index in [0.29, 0.717) is 25.5 Å². The Bertz CT molecular complexity index is 1130. The van der Waals surface area contributed by atoms with E-state index in [1.165, 1.54) is 4.90 Å². The Kier molecular flexibility index (Phi) is 5.94. The summed E-state index contributed by atoms with van der Waals surface area (Å²) in [6.07, 6.45) is 1.14. The van der Waals surface area contributed by atoms with Crippen molar-refractivity contribution in [3.8, 4) is 5.75 Å². The summed E-state index contributed by atoms with van der Waals surface area (Å²) in [6, 6.07) is 2.45. The number of nitrogens with one attached hydrogen (secondary N) is 1. The molecule has 2 aliphatic rings. The molecule has 11 heteroatoms. The number of hydrogen-bond donors (Lipinski definition) is 3. The van der Waals surface area contributed by atoms with Crippen LogP contribution in [0.4, 0.5) is 8.78 Å². The highest BCUT2D eigenvalue weighted by molar-refractivity contribution is 5.99. The van der Waals surface area contributed by atoms with E-state index in [2.05, 4.69) is 5.32 Å². The predicted molar refractivity (Wildman–Crippen MR) is 106 cm³/mol. The van der Waals surface area contributed by atoms with Crippen LogP contribution in [-0.4, -0.2) is 57.0 Å². The zero-order chi connectivity index (χ0) is 23.0. The van der Waals surface area contributed by atoms with Crippen LogP contribution in [0.1, 0.15) is 39.3 Å². The van der Waals surface area contributed by atoms with Crippen LogP contribution in [0, 0.1) is 11.6 Å². The van der Waals surface area contributed by atoms with Gasteiger partial charge in [-0.2, -0.15) is 0 Å². The lowest BCUT2D eigenvalue weighted by Gasteiger charge is -2.41. The Morgan fingerprint density at radius 3 is 2.75 bits per heavy atom. The van der Waals surface area contributed by atoms with E-state index in [1.54, 1.807) is 0 Å². The van der Waals surface area contributed by atoms with Crippen molar-refractivity contribution in [2.45, 2.75) is 38.2 Å². The summed E-state index contributed by atoms with van der Waals surface area (Å²) >= 11 is 0. The molecule has 1 aromatic carbocycles.